The van der Waals surface area contributed by atoms with Crippen molar-refractivity contribution in [1.29, 1.82) is 5.26 Å². The monoisotopic (exact) mass is 391 g/mol. The van der Waals surface area contributed by atoms with Gasteiger partial charge in [0.05, 0.1) is 34.1 Å². The second-order valence-electron chi connectivity index (χ2n) is 6.50. The number of carbonyl (C=O) groups is 1. The van der Waals surface area contributed by atoms with Gasteiger partial charge >= 0.3 is 0 Å². The van der Waals surface area contributed by atoms with E-state index in [9.17, 15) is 10.1 Å². The first kappa shape index (κ1) is 19.6. The van der Waals surface area contributed by atoms with Gasteiger partial charge in [0, 0.05) is 5.69 Å². The van der Waals surface area contributed by atoms with Crippen molar-refractivity contribution in [1.82, 2.24) is 14.8 Å². The second kappa shape index (κ2) is 8.28. The van der Waals surface area contributed by atoms with E-state index in [4.69, 9.17) is 0 Å². The lowest BCUT2D eigenvalue weighted by Gasteiger charge is -2.09. The van der Waals surface area contributed by atoms with Gasteiger partial charge in [0.1, 0.15) is 11.1 Å². The maximum absolute atomic E-state index is 12.5. The molecule has 0 saturated carbocycles. The molecule has 0 aliphatic rings. The Morgan fingerprint density at radius 3 is 2.61 bits per heavy atom. The molecule has 0 fully saturated rings. The van der Waals surface area contributed by atoms with Crippen molar-refractivity contribution in [3.05, 3.63) is 64.6 Å². The second-order valence-corrected chi connectivity index (χ2v) is 7.47. The van der Waals surface area contributed by atoms with Gasteiger partial charge < -0.3 is 5.32 Å². The number of aryl methyl sites for hydroxylation is 3. The first-order chi connectivity index (χ1) is 13.4. The molecule has 0 unspecified atom stereocenters. The quantitative estimate of drug-likeness (QED) is 0.662. The van der Waals surface area contributed by atoms with Crippen molar-refractivity contribution in [3.8, 4) is 11.8 Å². The van der Waals surface area contributed by atoms with E-state index in [0.717, 1.165) is 28.3 Å². The highest BCUT2D eigenvalue weighted by Crippen LogP contribution is 2.26. The number of carbonyl (C=O) groups excluding carboxylic acids is 1. The Morgan fingerprint density at radius 2 is 1.93 bits per heavy atom. The number of nitrogens with one attached hydrogen (secondary N) is 1. The van der Waals surface area contributed by atoms with Gasteiger partial charge in [0.15, 0.2) is 0 Å². The van der Waals surface area contributed by atoms with Crippen molar-refractivity contribution in [2.45, 2.75) is 32.7 Å². The first-order valence-electron chi connectivity index (χ1n) is 8.83. The predicted molar refractivity (Wildman–Crippen MR) is 111 cm³/mol. The minimum Gasteiger partial charge on any atom is -0.322 e. The van der Waals surface area contributed by atoms with E-state index in [-0.39, 0.29) is 11.7 Å². The number of rotatable bonds is 5. The zero-order valence-corrected chi connectivity index (χ0v) is 17.1. The van der Waals surface area contributed by atoms with Gasteiger partial charge in [-0.2, -0.15) is 10.4 Å². The zero-order valence-electron chi connectivity index (χ0n) is 16.3. The Morgan fingerprint density at radius 1 is 1.21 bits per heavy atom. The van der Waals surface area contributed by atoms with Gasteiger partial charge in [-0.1, -0.05) is 30.0 Å². The average molecular weight is 392 g/mol. The van der Waals surface area contributed by atoms with E-state index in [1.54, 1.807) is 0 Å². The van der Waals surface area contributed by atoms with Crippen LogP contribution < -0.4 is 5.32 Å². The summed E-state index contributed by atoms with van der Waals surface area (Å²) in [6.07, 6.45) is 0. The molecular weight excluding hydrogens is 370 g/mol. The Balaban J connectivity index is 1.75. The number of nitrogens with zero attached hydrogens (tertiary/aromatic N) is 4. The van der Waals surface area contributed by atoms with Crippen LogP contribution in [-0.4, -0.2) is 26.4 Å². The Hall–Kier alpha value is -3.11. The fraction of sp³-hybridized carbons (Fsp3) is 0.238. The van der Waals surface area contributed by atoms with Crippen LogP contribution in [0.4, 0.5) is 5.69 Å². The average Bonchev–Trinajstić information content (AvgIpc) is 2.95. The third kappa shape index (κ3) is 4.07. The molecule has 0 radical (unpaired) electrons. The summed E-state index contributed by atoms with van der Waals surface area (Å²) in [6.45, 7) is 7.55. The third-order valence-electron chi connectivity index (χ3n) is 4.32. The number of benzene rings is 1. The fourth-order valence-corrected chi connectivity index (χ4v) is 3.90. The van der Waals surface area contributed by atoms with Crippen molar-refractivity contribution in [2.75, 3.05) is 11.1 Å². The van der Waals surface area contributed by atoms with Crippen LogP contribution in [-0.2, 0) is 4.79 Å². The lowest BCUT2D eigenvalue weighted by molar-refractivity contribution is -0.113. The topological polar surface area (TPSA) is 83.6 Å². The van der Waals surface area contributed by atoms with Crippen LogP contribution in [0.3, 0.4) is 0 Å². The number of amides is 1. The summed E-state index contributed by atoms with van der Waals surface area (Å²) in [4.78, 5) is 16.9. The molecule has 0 saturated heterocycles. The number of pyridine rings is 1. The molecule has 1 aromatic carbocycles. The van der Waals surface area contributed by atoms with Crippen LogP contribution in [0.5, 0.6) is 0 Å². The van der Waals surface area contributed by atoms with E-state index in [2.05, 4.69) is 21.5 Å². The number of nitriles is 1. The van der Waals surface area contributed by atoms with Crippen molar-refractivity contribution >= 4 is 23.4 Å². The van der Waals surface area contributed by atoms with Crippen LogP contribution >= 0.6 is 11.8 Å². The summed E-state index contributed by atoms with van der Waals surface area (Å²) < 4.78 is 1.82. The number of anilines is 1. The molecule has 3 rings (SSSR count). The molecule has 0 bridgehead atoms. The molecule has 2 heterocycles. The largest absolute Gasteiger partial charge is 0.322 e. The lowest BCUT2D eigenvalue weighted by Crippen LogP contribution is -2.15. The smallest absolute Gasteiger partial charge is 0.234 e. The molecule has 0 aliphatic heterocycles. The summed E-state index contributed by atoms with van der Waals surface area (Å²) in [5.74, 6) is 0.00799. The predicted octanol–water partition coefficient (Wildman–Crippen LogP) is 4.10. The van der Waals surface area contributed by atoms with Gasteiger partial charge in [0.25, 0.3) is 0 Å². The van der Waals surface area contributed by atoms with Gasteiger partial charge in [0.2, 0.25) is 5.91 Å². The Labute approximate surface area is 168 Å². The molecule has 0 aliphatic carbocycles. The number of aromatic nitrogens is 3. The van der Waals surface area contributed by atoms with E-state index >= 15 is 0 Å². The van der Waals surface area contributed by atoms with Gasteiger partial charge in [-0.15, -0.1) is 0 Å². The third-order valence-corrected chi connectivity index (χ3v) is 5.30. The SMILES string of the molecule is Cc1cc(C)c(C#N)c(SCC(=O)Nc2c(C)nn(-c3ccccc3)c2C)n1. The Kier molecular flexibility index (Phi) is 5.81. The number of hydrogen-bond donors (Lipinski definition) is 1. The standard InChI is InChI=1S/C21H21N5OS/c1-13-10-14(2)23-21(18(13)11-22)28-12-19(27)24-20-15(3)25-26(16(20)4)17-8-6-5-7-9-17/h5-10H,12H2,1-4H3,(H,24,27). The van der Waals surface area contributed by atoms with E-state index < -0.39 is 0 Å². The molecular formula is C21H21N5OS. The number of thioether (sulfide) groups is 1. The molecule has 0 atom stereocenters. The molecule has 7 heteroatoms. The van der Waals surface area contributed by atoms with Crippen molar-refractivity contribution in [2.24, 2.45) is 0 Å². The molecule has 1 N–H and O–H groups in total. The summed E-state index contributed by atoms with van der Waals surface area (Å²) in [7, 11) is 0. The fourth-order valence-electron chi connectivity index (χ4n) is 3.00. The van der Waals surface area contributed by atoms with Crippen molar-refractivity contribution < 1.29 is 4.79 Å². The summed E-state index contributed by atoms with van der Waals surface area (Å²) in [6, 6.07) is 13.8. The number of para-hydroxylation sites is 1. The van der Waals surface area contributed by atoms with E-state index in [1.807, 2.05) is 68.8 Å². The Bertz CT molecular complexity index is 1070. The van der Waals surface area contributed by atoms with Crippen LogP contribution in [0.1, 0.15) is 28.2 Å². The molecule has 2 aromatic heterocycles. The van der Waals surface area contributed by atoms with Gasteiger partial charge in [-0.25, -0.2) is 9.67 Å². The molecule has 28 heavy (non-hydrogen) atoms. The highest BCUT2D eigenvalue weighted by atomic mass is 32.2. The van der Waals surface area contributed by atoms with Crippen LogP contribution in [0, 0.1) is 39.0 Å². The molecule has 3 aromatic rings. The number of hydrogen-bond acceptors (Lipinski definition) is 5. The highest BCUT2D eigenvalue weighted by molar-refractivity contribution is 8.00. The highest BCUT2D eigenvalue weighted by Gasteiger charge is 2.16. The van der Waals surface area contributed by atoms with E-state index in [1.165, 1.54) is 11.8 Å². The summed E-state index contributed by atoms with van der Waals surface area (Å²) >= 11 is 1.27. The van der Waals surface area contributed by atoms with Crippen LogP contribution in [0.15, 0.2) is 41.4 Å². The first-order valence-corrected chi connectivity index (χ1v) is 9.82. The summed E-state index contributed by atoms with van der Waals surface area (Å²) in [5, 5.41) is 17.4. The van der Waals surface area contributed by atoms with E-state index in [0.29, 0.717) is 16.3 Å². The maximum Gasteiger partial charge on any atom is 0.234 e. The lowest BCUT2D eigenvalue weighted by atomic mass is 10.1. The van der Waals surface area contributed by atoms with Crippen LogP contribution in [0.25, 0.3) is 5.69 Å². The minimum atomic E-state index is -0.159. The molecule has 1 amide bonds. The summed E-state index contributed by atoms with van der Waals surface area (Å²) in [5.41, 5.74) is 5.49. The van der Waals surface area contributed by atoms with Gasteiger partial charge in [-0.05, 0) is 51.5 Å². The normalized spacial score (nSPS) is 10.5. The molecule has 142 valence electrons. The maximum atomic E-state index is 12.5. The minimum absolute atomic E-state index is 0.159. The van der Waals surface area contributed by atoms with Crippen LogP contribution in [0.2, 0.25) is 0 Å². The van der Waals surface area contributed by atoms with Gasteiger partial charge in [-0.3, -0.25) is 4.79 Å². The zero-order chi connectivity index (χ0) is 20.3. The molecule has 0 spiro atoms. The van der Waals surface area contributed by atoms with Crippen molar-refractivity contribution in [3.63, 3.8) is 0 Å². The molecule has 6 nitrogen and oxygen atoms in total.